The van der Waals surface area contributed by atoms with Crippen molar-refractivity contribution in [1.82, 2.24) is 0 Å². The molecule has 1 N–H and O–H groups in total. The van der Waals surface area contributed by atoms with Gasteiger partial charge in [-0.05, 0) is 71.0 Å². The van der Waals surface area contributed by atoms with Crippen molar-refractivity contribution in [3.05, 3.63) is 119 Å². The Morgan fingerprint density at radius 2 is 1.44 bits per heavy atom. The van der Waals surface area contributed by atoms with Crippen molar-refractivity contribution in [3.8, 4) is 34.1 Å². The molecule has 7 nitrogen and oxygen atoms in total. The largest absolute Gasteiger partial charge is 0.497 e. The Morgan fingerprint density at radius 3 is 2.04 bits per heavy atom. The number of hydrogen-bond donors (Lipinski definition) is 1. The second-order valence-electron chi connectivity index (χ2n) is 12.5. The van der Waals surface area contributed by atoms with E-state index in [-0.39, 0.29) is 0 Å². The quantitative estimate of drug-likeness (QED) is 0.196. The number of anilines is 1. The number of methoxy groups -OCH3 is 3. The fourth-order valence-electron chi connectivity index (χ4n) is 7.80. The summed E-state index contributed by atoms with van der Waals surface area (Å²) >= 11 is 0. The lowest BCUT2D eigenvalue weighted by atomic mass is 9.79. The molecular formula is C41H39NO6. The molecule has 0 spiro atoms. The molecule has 5 aromatic carbocycles. The van der Waals surface area contributed by atoms with Crippen molar-refractivity contribution in [2.75, 3.05) is 52.5 Å². The molecule has 0 aromatic heterocycles. The fourth-order valence-corrected chi connectivity index (χ4v) is 7.80. The average Bonchev–Trinajstić information content (AvgIpc) is 3.43. The van der Waals surface area contributed by atoms with Crippen molar-refractivity contribution in [3.63, 3.8) is 0 Å². The van der Waals surface area contributed by atoms with Crippen molar-refractivity contribution >= 4 is 22.5 Å². The number of benzene rings is 5. The summed E-state index contributed by atoms with van der Waals surface area (Å²) in [6, 6.07) is 28.6. The molecule has 8 rings (SSSR count). The van der Waals surface area contributed by atoms with Gasteiger partial charge in [0.25, 0.3) is 0 Å². The monoisotopic (exact) mass is 641 g/mol. The molecule has 0 saturated carbocycles. The van der Waals surface area contributed by atoms with E-state index in [1.54, 1.807) is 21.3 Å². The number of morpholine rings is 1. The van der Waals surface area contributed by atoms with Gasteiger partial charge in [-0.1, -0.05) is 61.5 Å². The predicted octanol–water partition coefficient (Wildman–Crippen LogP) is 7.68. The van der Waals surface area contributed by atoms with Crippen LogP contribution in [0.1, 0.15) is 41.2 Å². The van der Waals surface area contributed by atoms with Gasteiger partial charge in [0.05, 0.1) is 40.2 Å². The van der Waals surface area contributed by atoms with Crippen LogP contribution in [0.3, 0.4) is 0 Å². The highest BCUT2D eigenvalue weighted by molar-refractivity contribution is 6.10. The zero-order valence-corrected chi connectivity index (χ0v) is 27.7. The molecule has 0 amide bonds. The smallest absolute Gasteiger partial charge is 0.178 e. The average molecular weight is 642 g/mol. The number of hydrogen-bond acceptors (Lipinski definition) is 7. The number of rotatable bonds is 7. The van der Waals surface area contributed by atoms with Crippen LogP contribution < -0.4 is 23.8 Å². The van der Waals surface area contributed by atoms with Crippen LogP contribution >= 0.6 is 0 Å². The molecule has 1 aliphatic carbocycles. The van der Waals surface area contributed by atoms with E-state index in [0.29, 0.717) is 25.4 Å². The van der Waals surface area contributed by atoms with Crippen LogP contribution in [-0.2, 0) is 15.9 Å². The third-order valence-corrected chi connectivity index (χ3v) is 10.3. The maximum Gasteiger partial charge on any atom is 0.178 e. The third kappa shape index (κ3) is 4.41. The Morgan fingerprint density at radius 1 is 0.792 bits per heavy atom. The summed E-state index contributed by atoms with van der Waals surface area (Å²) in [5.74, 6) is 2.99. The Bertz CT molecular complexity index is 2000. The normalized spacial score (nSPS) is 18.9. The molecule has 1 unspecified atom stereocenters. The number of fused-ring (bicyclic) bond motifs is 8. The lowest BCUT2D eigenvalue weighted by Crippen LogP contribution is -2.36. The second-order valence-corrected chi connectivity index (χ2v) is 12.5. The molecule has 1 atom stereocenters. The van der Waals surface area contributed by atoms with E-state index in [0.717, 1.165) is 85.7 Å². The highest BCUT2D eigenvalue weighted by atomic mass is 16.5. The highest BCUT2D eigenvalue weighted by Gasteiger charge is 2.47. The van der Waals surface area contributed by atoms with Crippen molar-refractivity contribution < 1.29 is 28.8 Å². The first-order valence-electron chi connectivity index (χ1n) is 16.5. The van der Waals surface area contributed by atoms with E-state index in [2.05, 4.69) is 41.3 Å². The summed E-state index contributed by atoms with van der Waals surface area (Å²) in [4.78, 5) is 2.32. The van der Waals surface area contributed by atoms with Crippen molar-refractivity contribution in [2.45, 2.75) is 24.5 Å². The zero-order chi connectivity index (χ0) is 33.0. The summed E-state index contributed by atoms with van der Waals surface area (Å²) in [5, 5.41) is 14.6. The third-order valence-electron chi connectivity index (χ3n) is 10.3. The molecule has 1 fully saturated rings. The van der Waals surface area contributed by atoms with E-state index in [1.807, 2.05) is 67.6 Å². The minimum Gasteiger partial charge on any atom is -0.497 e. The molecule has 3 aliphatic rings. The fraction of sp³-hybridized carbons (Fsp3) is 0.268. The Labute approximate surface area is 280 Å². The molecule has 5 aromatic rings. The van der Waals surface area contributed by atoms with Gasteiger partial charge in [-0.3, -0.25) is 0 Å². The van der Waals surface area contributed by atoms with Crippen LogP contribution in [0.5, 0.6) is 23.0 Å². The SMILES string of the molecule is CCC1(O)c2ccccc2-c2c1c1c(c3cc(OC)c(N4CCOCC4)cc23)OC(c2ccc(OC)cc2)(c2ccc(OC)cc2)C=C1. The molecule has 7 heteroatoms. The Kier molecular flexibility index (Phi) is 7.35. The van der Waals surface area contributed by atoms with Crippen LogP contribution in [0.25, 0.3) is 28.0 Å². The van der Waals surface area contributed by atoms with E-state index < -0.39 is 11.2 Å². The molecule has 1 saturated heterocycles. The van der Waals surface area contributed by atoms with Gasteiger partial charge in [0.15, 0.2) is 5.60 Å². The standard InChI is InChI=1S/C41H39NO6/c1-5-40(43)34-9-7-6-8-30(34)37-32-24-35(42-20-22-47-23-21-42)36(46-4)25-33(32)39-31(38(37)40)18-19-41(48-39,26-10-14-28(44-2)15-11-26)27-12-16-29(45-3)17-13-27/h6-19,24-25,43H,5,20-23H2,1-4H3. The summed E-state index contributed by atoms with van der Waals surface area (Å²) in [6.45, 7) is 4.88. The van der Waals surface area contributed by atoms with Gasteiger partial charge in [-0.25, -0.2) is 0 Å². The lowest BCUT2D eigenvalue weighted by Gasteiger charge is -2.39. The summed E-state index contributed by atoms with van der Waals surface area (Å²) in [7, 11) is 5.05. The maximum atomic E-state index is 12.6. The van der Waals surface area contributed by atoms with Crippen molar-refractivity contribution in [2.24, 2.45) is 0 Å². The van der Waals surface area contributed by atoms with Crippen LogP contribution in [0.4, 0.5) is 5.69 Å². The zero-order valence-electron chi connectivity index (χ0n) is 27.7. The number of ether oxygens (including phenoxy) is 5. The second kappa shape index (κ2) is 11.6. The first-order valence-corrected chi connectivity index (χ1v) is 16.5. The Hall–Kier alpha value is -4.98. The topological polar surface area (TPSA) is 69.6 Å². The Balaban J connectivity index is 1.45. The van der Waals surface area contributed by atoms with Gasteiger partial charge in [-0.15, -0.1) is 0 Å². The van der Waals surface area contributed by atoms with Gasteiger partial charge >= 0.3 is 0 Å². The van der Waals surface area contributed by atoms with E-state index in [4.69, 9.17) is 23.7 Å². The molecule has 0 radical (unpaired) electrons. The van der Waals surface area contributed by atoms with Crippen LogP contribution in [0.15, 0.2) is 91.0 Å². The van der Waals surface area contributed by atoms with Crippen molar-refractivity contribution in [1.29, 1.82) is 0 Å². The summed E-state index contributed by atoms with van der Waals surface area (Å²) < 4.78 is 30.2. The van der Waals surface area contributed by atoms with Gasteiger partial charge in [0.1, 0.15) is 28.6 Å². The van der Waals surface area contributed by atoms with Gasteiger partial charge in [0.2, 0.25) is 0 Å². The van der Waals surface area contributed by atoms with Crippen LogP contribution in [0, 0.1) is 0 Å². The van der Waals surface area contributed by atoms with Crippen LogP contribution in [-0.4, -0.2) is 52.7 Å². The highest BCUT2D eigenvalue weighted by Crippen LogP contribution is 2.59. The predicted molar refractivity (Wildman–Crippen MR) is 189 cm³/mol. The van der Waals surface area contributed by atoms with E-state index >= 15 is 0 Å². The number of nitrogens with zero attached hydrogens (tertiary/aromatic N) is 1. The molecule has 0 bridgehead atoms. The van der Waals surface area contributed by atoms with Gasteiger partial charge in [0, 0.05) is 40.7 Å². The van der Waals surface area contributed by atoms with Gasteiger partial charge in [-0.2, -0.15) is 0 Å². The molecule has 244 valence electrons. The van der Waals surface area contributed by atoms with E-state index in [9.17, 15) is 5.11 Å². The first-order chi connectivity index (χ1) is 23.5. The maximum absolute atomic E-state index is 12.6. The minimum absolute atomic E-state index is 0.511. The molecule has 48 heavy (non-hydrogen) atoms. The lowest BCUT2D eigenvalue weighted by molar-refractivity contribution is 0.0801. The number of aliphatic hydroxyl groups is 1. The minimum atomic E-state index is -1.20. The molecule has 2 aliphatic heterocycles. The van der Waals surface area contributed by atoms with E-state index in [1.165, 1.54) is 0 Å². The molecule has 2 heterocycles. The van der Waals surface area contributed by atoms with Gasteiger partial charge < -0.3 is 33.7 Å². The van der Waals surface area contributed by atoms with Crippen LogP contribution in [0.2, 0.25) is 0 Å². The first kappa shape index (κ1) is 30.4. The molecular weight excluding hydrogens is 602 g/mol. The summed E-state index contributed by atoms with van der Waals surface area (Å²) in [6.07, 6.45) is 4.77. The summed E-state index contributed by atoms with van der Waals surface area (Å²) in [5.41, 5.74) is 5.44.